The summed E-state index contributed by atoms with van der Waals surface area (Å²) in [6.07, 6.45) is 4.97. The molecule has 1 amide bonds. The van der Waals surface area contributed by atoms with Gasteiger partial charge in [-0.25, -0.2) is 0 Å². The molecule has 1 aromatic carbocycles. The molecule has 1 aromatic rings. The maximum absolute atomic E-state index is 11.8. The summed E-state index contributed by atoms with van der Waals surface area (Å²) in [7, 11) is 0. The number of carboxylic acid groups (broad SMARTS) is 1. The molecule has 0 unspecified atom stereocenters. The Morgan fingerprint density at radius 1 is 1.35 bits per heavy atom. The normalized spacial score (nSPS) is 22.1. The Morgan fingerprint density at radius 3 is 2.80 bits per heavy atom. The smallest absolute Gasteiger partial charge is 0.306 e. The van der Waals surface area contributed by atoms with Gasteiger partial charge in [0.05, 0.1) is 5.92 Å². The number of nitrogens with one attached hydrogen (secondary N) is 1. The highest BCUT2D eigenvalue weighted by Gasteiger charge is 2.30. The van der Waals surface area contributed by atoms with E-state index < -0.39 is 5.97 Å². The Kier molecular flexibility index (Phi) is 4.79. The molecule has 1 aliphatic carbocycles. The van der Waals surface area contributed by atoms with Crippen LogP contribution in [0, 0.1) is 5.92 Å². The van der Waals surface area contributed by atoms with Crippen LogP contribution in [0.25, 0.3) is 6.08 Å². The highest BCUT2D eigenvalue weighted by atomic mass is 35.5. The number of carboxylic acids is 1. The van der Waals surface area contributed by atoms with Crippen LogP contribution >= 0.6 is 11.6 Å². The first kappa shape index (κ1) is 14.6. The summed E-state index contributed by atoms with van der Waals surface area (Å²) in [6, 6.07) is 7.15. The summed E-state index contributed by atoms with van der Waals surface area (Å²) in [4.78, 5) is 22.6. The van der Waals surface area contributed by atoms with E-state index in [1.165, 1.54) is 6.08 Å². The summed E-state index contributed by atoms with van der Waals surface area (Å²) in [5, 5.41) is 12.3. The lowest BCUT2D eigenvalue weighted by atomic mass is 10.1. The third kappa shape index (κ3) is 4.10. The molecule has 1 aliphatic rings. The minimum absolute atomic E-state index is 0.0485. The number of hydrogen-bond donors (Lipinski definition) is 2. The van der Waals surface area contributed by atoms with Gasteiger partial charge in [0, 0.05) is 17.1 Å². The maximum atomic E-state index is 11.8. The van der Waals surface area contributed by atoms with Gasteiger partial charge in [-0.3, -0.25) is 9.59 Å². The van der Waals surface area contributed by atoms with Gasteiger partial charge in [0.25, 0.3) is 0 Å². The second-order valence-electron chi connectivity index (χ2n) is 4.94. The molecule has 4 nitrogen and oxygen atoms in total. The van der Waals surface area contributed by atoms with Crippen molar-refractivity contribution in [2.75, 3.05) is 0 Å². The summed E-state index contributed by atoms with van der Waals surface area (Å²) in [5.41, 5.74) is 0.850. The van der Waals surface area contributed by atoms with E-state index in [-0.39, 0.29) is 17.9 Å². The standard InChI is InChI=1S/C15H16ClNO3/c16-12-3-1-2-10(8-12)4-7-14(18)17-13-6-5-11(9-13)15(19)20/h1-4,7-8,11,13H,5-6,9H2,(H,17,18)(H,19,20)/b7-4+/t11-,13+/m1/s1. The molecule has 0 radical (unpaired) electrons. The van der Waals surface area contributed by atoms with Crippen molar-refractivity contribution in [1.82, 2.24) is 5.32 Å². The average molecular weight is 294 g/mol. The van der Waals surface area contributed by atoms with E-state index in [0.717, 1.165) is 5.56 Å². The molecule has 2 rings (SSSR count). The molecule has 5 heteroatoms. The van der Waals surface area contributed by atoms with Crippen molar-refractivity contribution < 1.29 is 14.7 Å². The van der Waals surface area contributed by atoms with E-state index in [9.17, 15) is 9.59 Å². The molecule has 2 N–H and O–H groups in total. The Hall–Kier alpha value is -1.81. The van der Waals surface area contributed by atoms with E-state index >= 15 is 0 Å². The highest BCUT2D eigenvalue weighted by Crippen LogP contribution is 2.25. The van der Waals surface area contributed by atoms with Crippen LogP contribution in [0.4, 0.5) is 0 Å². The highest BCUT2D eigenvalue weighted by molar-refractivity contribution is 6.30. The van der Waals surface area contributed by atoms with E-state index in [2.05, 4.69) is 5.32 Å². The van der Waals surface area contributed by atoms with Crippen LogP contribution in [0.1, 0.15) is 24.8 Å². The lowest BCUT2D eigenvalue weighted by Gasteiger charge is -2.10. The van der Waals surface area contributed by atoms with Crippen molar-refractivity contribution in [1.29, 1.82) is 0 Å². The van der Waals surface area contributed by atoms with Crippen LogP contribution in [-0.4, -0.2) is 23.0 Å². The molecule has 0 heterocycles. The van der Waals surface area contributed by atoms with Gasteiger partial charge in [-0.15, -0.1) is 0 Å². The SMILES string of the molecule is O=C(/C=C/c1cccc(Cl)c1)N[C@H]1CC[C@@H](C(=O)O)C1. The van der Waals surface area contributed by atoms with Crippen molar-refractivity contribution in [2.24, 2.45) is 5.92 Å². The molecule has 106 valence electrons. The van der Waals surface area contributed by atoms with Crippen molar-refractivity contribution >= 4 is 29.6 Å². The van der Waals surface area contributed by atoms with Gasteiger partial charge in [0.15, 0.2) is 0 Å². The predicted molar refractivity (Wildman–Crippen MR) is 77.4 cm³/mol. The second-order valence-corrected chi connectivity index (χ2v) is 5.38. The molecule has 1 fully saturated rings. The fourth-order valence-electron chi connectivity index (χ4n) is 2.37. The van der Waals surface area contributed by atoms with E-state index in [1.54, 1.807) is 18.2 Å². The van der Waals surface area contributed by atoms with Gasteiger partial charge < -0.3 is 10.4 Å². The number of halogens is 1. The number of carbonyl (C=O) groups excluding carboxylic acids is 1. The molecule has 0 aromatic heterocycles. The van der Waals surface area contributed by atoms with Gasteiger partial charge in [-0.2, -0.15) is 0 Å². The van der Waals surface area contributed by atoms with Gasteiger partial charge in [-0.1, -0.05) is 23.7 Å². The van der Waals surface area contributed by atoms with E-state index in [0.29, 0.717) is 24.3 Å². The van der Waals surface area contributed by atoms with Crippen molar-refractivity contribution in [2.45, 2.75) is 25.3 Å². The molecule has 20 heavy (non-hydrogen) atoms. The van der Waals surface area contributed by atoms with E-state index in [1.807, 2.05) is 12.1 Å². The zero-order valence-corrected chi connectivity index (χ0v) is 11.6. The predicted octanol–water partition coefficient (Wildman–Crippen LogP) is 2.72. The Labute approximate surface area is 122 Å². The minimum atomic E-state index is -0.781. The second kappa shape index (κ2) is 6.57. The first-order valence-electron chi connectivity index (χ1n) is 6.51. The monoisotopic (exact) mass is 293 g/mol. The summed E-state index contributed by atoms with van der Waals surface area (Å²) < 4.78 is 0. The average Bonchev–Trinajstić information content (AvgIpc) is 2.85. The molecule has 1 saturated carbocycles. The quantitative estimate of drug-likeness (QED) is 0.839. The van der Waals surface area contributed by atoms with Gasteiger partial charge in [-0.05, 0) is 43.0 Å². The number of hydrogen-bond acceptors (Lipinski definition) is 2. The van der Waals surface area contributed by atoms with E-state index in [4.69, 9.17) is 16.7 Å². The number of rotatable bonds is 4. The molecular formula is C15H16ClNO3. The largest absolute Gasteiger partial charge is 0.481 e. The first-order valence-corrected chi connectivity index (χ1v) is 6.89. The zero-order chi connectivity index (χ0) is 14.5. The number of aliphatic carboxylic acids is 1. The van der Waals surface area contributed by atoms with Gasteiger partial charge >= 0.3 is 5.97 Å². The first-order chi connectivity index (χ1) is 9.54. The molecule has 0 aliphatic heterocycles. The Bertz CT molecular complexity index is 542. The van der Waals surface area contributed by atoms with Gasteiger partial charge in [0.1, 0.15) is 0 Å². The van der Waals surface area contributed by atoms with Gasteiger partial charge in [0.2, 0.25) is 5.91 Å². The van der Waals surface area contributed by atoms with Crippen LogP contribution in [0.3, 0.4) is 0 Å². The summed E-state index contributed by atoms with van der Waals surface area (Å²) in [5.74, 6) is -1.32. The fourth-order valence-corrected chi connectivity index (χ4v) is 2.57. The number of amides is 1. The summed E-state index contributed by atoms with van der Waals surface area (Å²) in [6.45, 7) is 0. The minimum Gasteiger partial charge on any atom is -0.481 e. The summed E-state index contributed by atoms with van der Waals surface area (Å²) >= 11 is 5.85. The lowest BCUT2D eigenvalue weighted by Crippen LogP contribution is -2.31. The van der Waals surface area contributed by atoms with Crippen LogP contribution in [0.2, 0.25) is 5.02 Å². The molecular weight excluding hydrogens is 278 g/mol. The molecule has 2 atom stereocenters. The van der Waals surface area contributed by atoms with Crippen molar-refractivity contribution in [3.8, 4) is 0 Å². The third-order valence-corrected chi connectivity index (χ3v) is 3.64. The van der Waals surface area contributed by atoms with Crippen LogP contribution in [0.15, 0.2) is 30.3 Å². The zero-order valence-electron chi connectivity index (χ0n) is 10.9. The number of benzene rings is 1. The Morgan fingerprint density at radius 2 is 2.15 bits per heavy atom. The fraction of sp³-hybridized carbons (Fsp3) is 0.333. The van der Waals surface area contributed by atoms with Crippen LogP contribution < -0.4 is 5.32 Å². The van der Waals surface area contributed by atoms with Crippen LogP contribution in [0.5, 0.6) is 0 Å². The van der Waals surface area contributed by atoms with Crippen molar-refractivity contribution in [3.63, 3.8) is 0 Å². The molecule has 0 spiro atoms. The topological polar surface area (TPSA) is 66.4 Å². The molecule has 0 saturated heterocycles. The molecule has 0 bridgehead atoms. The van der Waals surface area contributed by atoms with Crippen molar-refractivity contribution in [3.05, 3.63) is 40.9 Å². The lowest BCUT2D eigenvalue weighted by molar-refractivity contribution is -0.141. The maximum Gasteiger partial charge on any atom is 0.306 e. The third-order valence-electron chi connectivity index (χ3n) is 3.40. The van der Waals surface area contributed by atoms with Crippen LogP contribution in [-0.2, 0) is 9.59 Å². The number of carbonyl (C=O) groups is 2. The Balaban J connectivity index is 1.86.